The van der Waals surface area contributed by atoms with E-state index in [2.05, 4.69) is 17.2 Å². The molecule has 140 valence electrons. The second-order valence-electron chi connectivity index (χ2n) is 6.44. The van der Waals surface area contributed by atoms with Crippen LogP contribution in [0.25, 0.3) is 0 Å². The van der Waals surface area contributed by atoms with Crippen LogP contribution >= 0.6 is 11.3 Å². The molecule has 0 aliphatic heterocycles. The predicted molar refractivity (Wildman–Crippen MR) is 109 cm³/mol. The number of carbonyl (C=O) groups excluding carboxylic acids is 1. The first-order chi connectivity index (χ1) is 13.0. The van der Waals surface area contributed by atoms with Crippen molar-refractivity contribution in [3.05, 3.63) is 75.7 Å². The molecule has 0 radical (unpaired) electrons. The summed E-state index contributed by atoms with van der Waals surface area (Å²) in [4.78, 5) is 17.2. The number of aryl methyl sites for hydroxylation is 1. The van der Waals surface area contributed by atoms with Crippen molar-refractivity contribution in [1.82, 2.24) is 10.3 Å². The smallest absolute Gasteiger partial charge is 0.224 e. The van der Waals surface area contributed by atoms with Gasteiger partial charge in [-0.25, -0.2) is 4.98 Å². The number of nitrogen functional groups attached to an aromatic ring is 1. The van der Waals surface area contributed by atoms with E-state index in [9.17, 15) is 9.90 Å². The maximum atomic E-state index is 12.6. The number of hydrogen-bond acceptors (Lipinski definition) is 5. The van der Waals surface area contributed by atoms with Crippen LogP contribution < -0.4 is 11.1 Å². The van der Waals surface area contributed by atoms with Gasteiger partial charge in [-0.3, -0.25) is 4.79 Å². The normalized spacial score (nSPS) is 11.9. The molecule has 0 aliphatic carbocycles. The second-order valence-corrected chi connectivity index (χ2v) is 7.33. The highest BCUT2D eigenvalue weighted by Crippen LogP contribution is 2.23. The Balaban J connectivity index is 1.76. The molecule has 0 saturated heterocycles. The van der Waals surface area contributed by atoms with E-state index in [0.717, 1.165) is 28.2 Å². The first-order valence-electron chi connectivity index (χ1n) is 8.89. The van der Waals surface area contributed by atoms with Crippen molar-refractivity contribution < 1.29 is 9.90 Å². The van der Waals surface area contributed by atoms with Gasteiger partial charge in [0.25, 0.3) is 0 Å². The number of phenolic OH excluding ortho intramolecular Hbond substituents is 1. The van der Waals surface area contributed by atoms with Crippen LogP contribution in [0.2, 0.25) is 0 Å². The van der Waals surface area contributed by atoms with E-state index in [0.29, 0.717) is 12.1 Å². The minimum Gasteiger partial charge on any atom is -0.508 e. The number of phenols is 1. The third-order valence-electron chi connectivity index (χ3n) is 4.26. The molecule has 1 aromatic heterocycles. The van der Waals surface area contributed by atoms with Crippen LogP contribution in [-0.4, -0.2) is 16.0 Å². The number of anilines is 1. The molecular weight excluding hydrogens is 358 g/mol. The van der Waals surface area contributed by atoms with Crippen molar-refractivity contribution in [3.63, 3.8) is 0 Å². The van der Waals surface area contributed by atoms with Gasteiger partial charge in [0, 0.05) is 11.1 Å². The van der Waals surface area contributed by atoms with E-state index in [1.54, 1.807) is 29.5 Å². The summed E-state index contributed by atoms with van der Waals surface area (Å²) < 4.78 is 0. The van der Waals surface area contributed by atoms with E-state index >= 15 is 0 Å². The number of hydrogen-bond donors (Lipinski definition) is 3. The molecule has 6 heteroatoms. The minimum atomic E-state index is -0.205. The van der Waals surface area contributed by atoms with Gasteiger partial charge in [-0.1, -0.05) is 31.2 Å². The number of benzene rings is 2. The molecule has 2 aromatic carbocycles. The fourth-order valence-corrected chi connectivity index (χ4v) is 3.78. The lowest BCUT2D eigenvalue weighted by Crippen LogP contribution is -2.31. The Morgan fingerprint density at radius 1 is 1.22 bits per heavy atom. The molecule has 0 saturated carbocycles. The zero-order chi connectivity index (χ0) is 19.2. The van der Waals surface area contributed by atoms with Gasteiger partial charge in [0.15, 0.2) is 0 Å². The predicted octanol–water partition coefficient (Wildman–Crippen LogP) is 3.64. The average Bonchev–Trinajstić information content (AvgIpc) is 3.12. The summed E-state index contributed by atoms with van der Waals surface area (Å²) in [5, 5.41) is 15.6. The zero-order valence-corrected chi connectivity index (χ0v) is 16.0. The van der Waals surface area contributed by atoms with Crippen LogP contribution in [0, 0.1) is 0 Å². The zero-order valence-electron chi connectivity index (χ0n) is 15.2. The van der Waals surface area contributed by atoms with Crippen LogP contribution in [-0.2, 0) is 24.1 Å². The Morgan fingerprint density at radius 2 is 2.00 bits per heavy atom. The summed E-state index contributed by atoms with van der Waals surface area (Å²) in [6.45, 7) is 2.06. The van der Waals surface area contributed by atoms with Crippen molar-refractivity contribution in [2.75, 3.05) is 5.73 Å². The van der Waals surface area contributed by atoms with Crippen molar-refractivity contribution in [1.29, 1.82) is 0 Å². The molecule has 1 amide bonds. The lowest BCUT2D eigenvalue weighted by molar-refractivity contribution is -0.121. The number of rotatable bonds is 7. The fraction of sp³-hybridized carbons (Fsp3) is 0.238. The van der Waals surface area contributed by atoms with E-state index in [1.807, 2.05) is 35.7 Å². The number of aromatic nitrogens is 1. The third-order valence-corrected chi connectivity index (χ3v) is 5.27. The van der Waals surface area contributed by atoms with Crippen molar-refractivity contribution in [2.45, 2.75) is 32.2 Å². The Hall–Kier alpha value is -2.86. The Bertz CT molecular complexity index is 906. The van der Waals surface area contributed by atoms with Crippen LogP contribution in [0.1, 0.15) is 34.8 Å². The summed E-state index contributed by atoms with van der Waals surface area (Å²) >= 11 is 1.56. The SMILES string of the molecule is CCc1csc([C@H](Cc2ccc(N)cc2)NC(=O)Cc2cccc(O)c2)n1. The largest absolute Gasteiger partial charge is 0.508 e. The number of nitrogens with one attached hydrogen (secondary N) is 1. The average molecular weight is 382 g/mol. The first kappa shape index (κ1) is 18.9. The molecule has 27 heavy (non-hydrogen) atoms. The molecule has 0 aliphatic rings. The second kappa shape index (κ2) is 8.68. The summed E-state index contributed by atoms with van der Waals surface area (Å²) in [6, 6.07) is 14.2. The van der Waals surface area contributed by atoms with Gasteiger partial charge in [-0.2, -0.15) is 0 Å². The topological polar surface area (TPSA) is 88.2 Å². The standard InChI is InChI=1S/C21H23N3O2S/c1-2-17-13-27-21(23-17)19(11-14-6-8-16(22)9-7-14)24-20(26)12-15-4-3-5-18(25)10-15/h3-10,13,19,25H,2,11-12,22H2,1H3,(H,24,26)/t19-/m0/s1. The summed E-state index contributed by atoms with van der Waals surface area (Å²) in [7, 11) is 0. The van der Waals surface area contributed by atoms with Crippen molar-refractivity contribution in [3.8, 4) is 5.75 Å². The molecule has 0 bridgehead atoms. The molecule has 0 fully saturated rings. The Labute approximate surface area is 162 Å². The molecule has 3 rings (SSSR count). The van der Waals surface area contributed by atoms with E-state index in [1.165, 1.54) is 0 Å². The van der Waals surface area contributed by atoms with Gasteiger partial charge in [0.1, 0.15) is 10.8 Å². The third kappa shape index (κ3) is 5.31. The van der Waals surface area contributed by atoms with Crippen LogP contribution in [0.3, 0.4) is 0 Å². The van der Waals surface area contributed by atoms with Gasteiger partial charge in [-0.05, 0) is 48.2 Å². The maximum Gasteiger partial charge on any atom is 0.224 e. The molecule has 1 heterocycles. The molecule has 5 nitrogen and oxygen atoms in total. The number of amides is 1. The minimum absolute atomic E-state index is 0.103. The van der Waals surface area contributed by atoms with Crippen LogP contribution in [0.4, 0.5) is 5.69 Å². The van der Waals surface area contributed by atoms with Gasteiger partial charge in [0.2, 0.25) is 5.91 Å². The van der Waals surface area contributed by atoms with Gasteiger partial charge in [-0.15, -0.1) is 11.3 Å². The first-order valence-corrected chi connectivity index (χ1v) is 9.77. The van der Waals surface area contributed by atoms with Gasteiger partial charge < -0.3 is 16.2 Å². The summed E-state index contributed by atoms with van der Waals surface area (Å²) in [5.41, 5.74) is 9.36. The number of aromatic hydroxyl groups is 1. The number of nitrogens with zero attached hydrogens (tertiary/aromatic N) is 1. The van der Waals surface area contributed by atoms with Crippen molar-refractivity contribution >= 4 is 22.9 Å². The molecule has 4 N–H and O–H groups in total. The lowest BCUT2D eigenvalue weighted by atomic mass is 10.0. The fourth-order valence-electron chi connectivity index (χ4n) is 2.83. The number of thiazole rings is 1. The molecule has 3 aromatic rings. The van der Waals surface area contributed by atoms with E-state index < -0.39 is 0 Å². The van der Waals surface area contributed by atoms with Gasteiger partial charge >= 0.3 is 0 Å². The number of nitrogens with two attached hydrogens (primary N) is 1. The highest BCUT2D eigenvalue weighted by molar-refractivity contribution is 7.09. The quantitative estimate of drug-likeness (QED) is 0.545. The Kier molecular flexibility index (Phi) is 6.08. The van der Waals surface area contributed by atoms with Crippen LogP contribution in [0.5, 0.6) is 5.75 Å². The highest BCUT2D eigenvalue weighted by atomic mass is 32.1. The number of carbonyl (C=O) groups is 1. The Morgan fingerprint density at radius 3 is 2.67 bits per heavy atom. The van der Waals surface area contributed by atoms with Crippen molar-refractivity contribution in [2.24, 2.45) is 0 Å². The monoisotopic (exact) mass is 381 g/mol. The molecule has 1 atom stereocenters. The van der Waals surface area contributed by atoms with E-state index in [-0.39, 0.29) is 24.1 Å². The molecule has 0 unspecified atom stereocenters. The molecule has 0 spiro atoms. The lowest BCUT2D eigenvalue weighted by Gasteiger charge is -2.17. The van der Waals surface area contributed by atoms with Crippen LogP contribution in [0.15, 0.2) is 53.9 Å². The summed E-state index contributed by atoms with van der Waals surface area (Å²) in [5.74, 6) is 0.0560. The van der Waals surface area contributed by atoms with Gasteiger partial charge in [0.05, 0.1) is 18.2 Å². The molecular formula is C21H23N3O2S. The maximum absolute atomic E-state index is 12.6. The van der Waals surface area contributed by atoms with E-state index in [4.69, 9.17) is 5.73 Å². The summed E-state index contributed by atoms with van der Waals surface area (Å²) in [6.07, 6.45) is 1.71. The highest BCUT2D eigenvalue weighted by Gasteiger charge is 2.19.